The van der Waals surface area contributed by atoms with E-state index in [4.69, 9.17) is 21.4 Å². The summed E-state index contributed by atoms with van der Waals surface area (Å²) in [5, 5.41) is 26.6. The van der Waals surface area contributed by atoms with Gasteiger partial charge in [0.15, 0.2) is 5.96 Å². The van der Waals surface area contributed by atoms with Crippen LogP contribution < -0.4 is 11.1 Å². The van der Waals surface area contributed by atoms with Crippen molar-refractivity contribution in [2.24, 2.45) is 5.73 Å². The van der Waals surface area contributed by atoms with Gasteiger partial charge in [-0.3, -0.25) is 5.41 Å². The maximum absolute atomic E-state index is 8.86. The van der Waals surface area contributed by atoms with Crippen LogP contribution in [0.4, 0.5) is 0 Å². The highest BCUT2D eigenvalue weighted by atomic mass is 16.3. The Kier molecular flexibility index (Phi) is 5.50. The predicted octanol–water partition coefficient (Wildman–Crippen LogP) is -1.40. The summed E-state index contributed by atoms with van der Waals surface area (Å²) in [7, 11) is 0. The first-order valence-corrected chi connectivity index (χ1v) is 3.53. The van der Waals surface area contributed by atoms with Crippen molar-refractivity contribution in [2.45, 2.75) is 18.9 Å². The molecule has 0 saturated heterocycles. The average molecular weight is 161 g/mol. The van der Waals surface area contributed by atoms with Gasteiger partial charge in [-0.1, -0.05) is 0 Å². The fourth-order valence-corrected chi connectivity index (χ4v) is 0.652. The monoisotopic (exact) mass is 161 g/mol. The van der Waals surface area contributed by atoms with Crippen molar-refractivity contribution in [2.75, 3.05) is 13.2 Å². The highest BCUT2D eigenvalue weighted by Gasteiger charge is 1.99. The molecule has 0 aliphatic carbocycles. The summed E-state index contributed by atoms with van der Waals surface area (Å²) in [6, 6.07) is 0. The number of aliphatic hydroxyl groups excluding tert-OH is 2. The fraction of sp³-hybridized carbons (Fsp3) is 0.833. The van der Waals surface area contributed by atoms with E-state index >= 15 is 0 Å². The van der Waals surface area contributed by atoms with Crippen LogP contribution in [0.25, 0.3) is 0 Å². The SMILES string of the molecule is N=C(N)NCCCC(O)CO. The summed E-state index contributed by atoms with van der Waals surface area (Å²) < 4.78 is 0. The second kappa shape index (κ2) is 5.94. The van der Waals surface area contributed by atoms with Gasteiger partial charge in [0.1, 0.15) is 0 Å². The number of nitrogens with two attached hydrogens (primary N) is 1. The summed E-state index contributed by atoms with van der Waals surface area (Å²) in [5.74, 6) is -0.0662. The molecule has 6 N–H and O–H groups in total. The molecular weight excluding hydrogens is 146 g/mol. The molecule has 0 aromatic rings. The van der Waals surface area contributed by atoms with Crippen molar-refractivity contribution in [1.82, 2.24) is 5.32 Å². The van der Waals surface area contributed by atoms with Gasteiger partial charge >= 0.3 is 0 Å². The molecule has 11 heavy (non-hydrogen) atoms. The molecule has 0 aliphatic heterocycles. The van der Waals surface area contributed by atoms with E-state index in [9.17, 15) is 0 Å². The molecular formula is C6H15N3O2. The molecule has 0 bridgehead atoms. The van der Waals surface area contributed by atoms with Crippen LogP contribution in [0.5, 0.6) is 0 Å². The molecule has 66 valence electrons. The first-order chi connectivity index (χ1) is 5.16. The van der Waals surface area contributed by atoms with E-state index in [0.717, 1.165) is 0 Å². The van der Waals surface area contributed by atoms with Crippen molar-refractivity contribution in [1.29, 1.82) is 5.41 Å². The Hall–Kier alpha value is -0.810. The Morgan fingerprint density at radius 1 is 1.64 bits per heavy atom. The lowest BCUT2D eigenvalue weighted by molar-refractivity contribution is 0.0869. The molecule has 0 heterocycles. The average Bonchev–Trinajstić information content (AvgIpc) is 1.97. The predicted molar refractivity (Wildman–Crippen MR) is 42.2 cm³/mol. The van der Waals surface area contributed by atoms with Crippen LogP contribution >= 0.6 is 0 Å². The van der Waals surface area contributed by atoms with Gasteiger partial charge in [0.05, 0.1) is 12.7 Å². The Morgan fingerprint density at radius 3 is 2.73 bits per heavy atom. The zero-order chi connectivity index (χ0) is 8.69. The molecule has 0 spiro atoms. The van der Waals surface area contributed by atoms with Gasteiger partial charge in [0, 0.05) is 6.54 Å². The van der Waals surface area contributed by atoms with Gasteiger partial charge < -0.3 is 21.3 Å². The normalized spacial score (nSPS) is 12.5. The van der Waals surface area contributed by atoms with Crippen LogP contribution in [-0.2, 0) is 0 Å². The largest absolute Gasteiger partial charge is 0.394 e. The molecule has 1 unspecified atom stereocenters. The number of aliphatic hydroxyl groups is 2. The third-order valence-electron chi connectivity index (χ3n) is 1.24. The van der Waals surface area contributed by atoms with Gasteiger partial charge in [-0.2, -0.15) is 0 Å². The van der Waals surface area contributed by atoms with E-state index in [2.05, 4.69) is 5.32 Å². The molecule has 5 nitrogen and oxygen atoms in total. The fourth-order valence-electron chi connectivity index (χ4n) is 0.652. The number of hydrogen-bond acceptors (Lipinski definition) is 3. The van der Waals surface area contributed by atoms with Crippen LogP contribution in [-0.4, -0.2) is 35.4 Å². The minimum absolute atomic E-state index is 0.0662. The Bertz CT molecular complexity index is 118. The molecule has 0 fully saturated rings. The van der Waals surface area contributed by atoms with E-state index in [-0.39, 0.29) is 12.6 Å². The van der Waals surface area contributed by atoms with E-state index in [1.54, 1.807) is 0 Å². The lowest BCUT2D eigenvalue weighted by Gasteiger charge is -2.06. The molecule has 0 aliphatic rings. The van der Waals surface area contributed by atoms with Gasteiger partial charge in [-0.25, -0.2) is 0 Å². The van der Waals surface area contributed by atoms with Crippen molar-refractivity contribution in [3.63, 3.8) is 0 Å². The number of guanidine groups is 1. The highest BCUT2D eigenvalue weighted by molar-refractivity contribution is 5.74. The Balaban J connectivity index is 3.08. The van der Waals surface area contributed by atoms with Gasteiger partial charge in [-0.15, -0.1) is 0 Å². The summed E-state index contributed by atoms with van der Waals surface area (Å²) in [5.41, 5.74) is 5.00. The Labute approximate surface area is 65.7 Å². The molecule has 0 radical (unpaired) electrons. The van der Waals surface area contributed by atoms with Gasteiger partial charge in [-0.05, 0) is 12.8 Å². The number of nitrogens with one attached hydrogen (secondary N) is 2. The lowest BCUT2D eigenvalue weighted by Crippen LogP contribution is -2.31. The first-order valence-electron chi connectivity index (χ1n) is 3.53. The number of hydrogen-bond donors (Lipinski definition) is 5. The minimum Gasteiger partial charge on any atom is -0.394 e. The molecule has 0 rings (SSSR count). The molecule has 0 aromatic carbocycles. The first kappa shape index (κ1) is 10.2. The standard InChI is InChI=1S/C6H15N3O2/c7-6(8)9-3-1-2-5(11)4-10/h5,10-11H,1-4H2,(H4,7,8,9). The summed E-state index contributed by atoms with van der Waals surface area (Å²) >= 11 is 0. The smallest absolute Gasteiger partial charge is 0.185 e. The van der Waals surface area contributed by atoms with E-state index in [0.29, 0.717) is 19.4 Å². The molecule has 0 amide bonds. The van der Waals surface area contributed by atoms with Crippen molar-refractivity contribution < 1.29 is 10.2 Å². The maximum atomic E-state index is 8.86. The second-order valence-corrected chi connectivity index (χ2v) is 2.32. The van der Waals surface area contributed by atoms with Crippen LogP contribution in [0.3, 0.4) is 0 Å². The van der Waals surface area contributed by atoms with Crippen molar-refractivity contribution in [3.05, 3.63) is 0 Å². The molecule has 0 aromatic heterocycles. The van der Waals surface area contributed by atoms with Crippen LogP contribution in [0, 0.1) is 5.41 Å². The van der Waals surface area contributed by atoms with Crippen LogP contribution in [0.1, 0.15) is 12.8 Å². The summed E-state index contributed by atoms with van der Waals surface area (Å²) in [4.78, 5) is 0. The van der Waals surface area contributed by atoms with E-state index in [1.807, 2.05) is 0 Å². The Morgan fingerprint density at radius 2 is 2.27 bits per heavy atom. The zero-order valence-corrected chi connectivity index (χ0v) is 6.38. The zero-order valence-electron chi connectivity index (χ0n) is 6.38. The second-order valence-electron chi connectivity index (χ2n) is 2.32. The lowest BCUT2D eigenvalue weighted by atomic mass is 10.2. The molecule has 0 saturated carbocycles. The van der Waals surface area contributed by atoms with Gasteiger partial charge in [0.2, 0.25) is 0 Å². The quantitative estimate of drug-likeness (QED) is 0.194. The third kappa shape index (κ3) is 7.08. The van der Waals surface area contributed by atoms with Gasteiger partial charge in [0.25, 0.3) is 0 Å². The molecule has 5 heteroatoms. The minimum atomic E-state index is -0.649. The summed E-state index contributed by atoms with van der Waals surface area (Å²) in [6.07, 6.45) is 0.571. The third-order valence-corrected chi connectivity index (χ3v) is 1.24. The van der Waals surface area contributed by atoms with E-state index in [1.165, 1.54) is 0 Å². The summed E-state index contributed by atoms with van der Waals surface area (Å²) in [6.45, 7) is 0.354. The topological polar surface area (TPSA) is 102 Å². The molecule has 1 atom stereocenters. The highest BCUT2D eigenvalue weighted by Crippen LogP contribution is 1.93. The maximum Gasteiger partial charge on any atom is 0.185 e. The van der Waals surface area contributed by atoms with Crippen molar-refractivity contribution in [3.8, 4) is 0 Å². The van der Waals surface area contributed by atoms with Crippen LogP contribution in [0.2, 0.25) is 0 Å². The van der Waals surface area contributed by atoms with Crippen LogP contribution in [0.15, 0.2) is 0 Å². The number of rotatable bonds is 5. The van der Waals surface area contributed by atoms with E-state index < -0.39 is 6.10 Å². The van der Waals surface area contributed by atoms with Crippen molar-refractivity contribution >= 4 is 5.96 Å².